The van der Waals surface area contributed by atoms with Gasteiger partial charge in [0.1, 0.15) is 11.5 Å². The first-order valence-electron chi connectivity index (χ1n) is 8.65. The van der Waals surface area contributed by atoms with Crippen LogP contribution in [0.15, 0.2) is 21.1 Å². The van der Waals surface area contributed by atoms with Crippen molar-refractivity contribution in [2.45, 2.75) is 40.0 Å². The Bertz CT molecular complexity index is 950. The van der Waals surface area contributed by atoms with Crippen molar-refractivity contribution in [3.8, 4) is 11.3 Å². The average molecular weight is 339 g/mol. The molecule has 25 heavy (non-hydrogen) atoms. The number of nitrogens with zero attached hydrogens (tertiary/aromatic N) is 2. The van der Waals surface area contributed by atoms with E-state index < -0.39 is 0 Å². The summed E-state index contributed by atoms with van der Waals surface area (Å²) in [5.41, 5.74) is 3.12. The lowest BCUT2D eigenvalue weighted by Crippen LogP contribution is -2.32. The first kappa shape index (κ1) is 15.9. The van der Waals surface area contributed by atoms with E-state index in [1.54, 1.807) is 6.07 Å². The molecule has 130 valence electrons. The second-order valence-corrected chi connectivity index (χ2v) is 6.84. The molecule has 1 amide bonds. The highest BCUT2D eigenvalue weighted by Crippen LogP contribution is 2.31. The fourth-order valence-electron chi connectivity index (χ4n) is 3.33. The van der Waals surface area contributed by atoms with Crippen LogP contribution in [-0.2, 0) is 0 Å². The molecule has 3 aromatic rings. The minimum absolute atomic E-state index is 0.107. The number of carbonyl (C=O) groups is 1. The summed E-state index contributed by atoms with van der Waals surface area (Å²) in [7, 11) is 0. The molecule has 3 heterocycles. The summed E-state index contributed by atoms with van der Waals surface area (Å²) in [5, 5.41) is 7.71. The number of aryl methyl sites for hydroxylation is 3. The van der Waals surface area contributed by atoms with Gasteiger partial charge in [0.05, 0.1) is 22.3 Å². The first-order chi connectivity index (χ1) is 12.0. The second-order valence-electron chi connectivity index (χ2n) is 6.84. The maximum absolute atomic E-state index is 12.8. The van der Waals surface area contributed by atoms with Crippen LogP contribution in [0.5, 0.6) is 0 Å². The van der Waals surface area contributed by atoms with Gasteiger partial charge in [-0.25, -0.2) is 4.98 Å². The maximum Gasteiger partial charge on any atom is 0.259 e. The number of rotatable bonds is 4. The van der Waals surface area contributed by atoms with Crippen LogP contribution in [-0.4, -0.2) is 22.6 Å². The zero-order chi connectivity index (χ0) is 17.6. The quantitative estimate of drug-likeness (QED) is 0.778. The zero-order valence-corrected chi connectivity index (χ0v) is 14.7. The number of nitrogens with one attached hydrogen (secondary N) is 1. The van der Waals surface area contributed by atoms with E-state index in [0.717, 1.165) is 17.1 Å². The Balaban J connectivity index is 1.76. The molecule has 0 atom stereocenters. The fourth-order valence-corrected chi connectivity index (χ4v) is 3.33. The molecule has 1 aliphatic carbocycles. The lowest BCUT2D eigenvalue weighted by molar-refractivity contribution is 0.0940. The van der Waals surface area contributed by atoms with Gasteiger partial charge in [-0.1, -0.05) is 11.6 Å². The Morgan fingerprint density at radius 2 is 2.08 bits per heavy atom. The Morgan fingerprint density at radius 3 is 2.72 bits per heavy atom. The van der Waals surface area contributed by atoms with Crippen LogP contribution in [0.3, 0.4) is 0 Å². The van der Waals surface area contributed by atoms with Gasteiger partial charge in [-0.3, -0.25) is 4.79 Å². The van der Waals surface area contributed by atoms with Crippen molar-refractivity contribution in [3.05, 3.63) is 34.9 Å². The Hall–Kier alpha value is -2.63. The average Bonchev–Trinajstić information content (AvgIpc) is 3.07. The van der Waals surface area contributed by atoms with Crippen molar-refractivity contribution >= 4 is 17.0 Å². The van der Waals surface area contributed by atoms with Crippen molar-refractivity contribution in [2.75, 3.05) is 6.54 Å². The summed E-state index contributed by atoms with van der Waals surface area (Å²) < 4.78 is 10.9. The topological polar surface area (TPSA) is 81.2 Å². The molecular formula is C19H21N3O3. The zero-order valence-electron chi connectivity index (χ0n) is 14.7. The van der Waals surface area contributed by atoms with Crippen LogP contribution in [0.4, 0.5) is 0 Å². The Morgan fingerprint density at radius 1 is 1.28 bits per heavy atom. The number of carbonyl (C=O) groups excluding carboxylic acids is 1. The van der Waals surface area contributed by atoms with Gasteiger partial charge >= 0.3 is 0 Å². The third-order valence-corrected chi connectivity index (χ3v) is 4.95. The molecule has 1 fully saturated rings. The van der Waals surface area contributed by atoms with Crippen LogP contribution in [0.2, 0.25) is 0 Å². The van der Waals surface area contributed by atoms with Crippen LogP contribution >= 0.6 is 0 Å². The van der Waals surface area contributed by atoms with Crippen LogP contribution < -0.4 is 5.32 Å². The molecule has 0 spiro atoms. The number of pyridine rings is 1. The number of hydrogen-bond donors (Lipinski definition) is 1. The third-order valence-electron chi connectivity index (χ3n) is 4.95. The minimum Gasteiger partial charge on any atom is -0.466 e. The molecule has 4 rings (SSSR count). The monoisotopic (exact) mass is 339 g/mol. The predicted octanol–water partition coefficient (Wildman–Crippen LogP) is 3.94. The number of fused-ring (bicyclic) bond motifs is 1. The number of aromatic nitrogens is 2. The van der Waals surface area contributed by atoms with E-state index in [9.17, 15) is 4.79 Å². The SMILES string of the molecule is Cc1cc(-c2cc(C(=O)NCC3CCC3)c3c(C)noc3n2)c(C)o1. The molecule has 0 bridgehead atoms. The van der Waals surface area contributed by atoms with E-state index in [1.165, 1.54) is 19.3 Å². The van der Waals surface area contributed by atoms with E-state index >= 15 is 0 Å². The molecule has 0 saturated heterocycles. The molecule has 0 unspecified atom stereocenters. The number of furan rings is 1. The Kier molecular flexibility index (Phi) is 3.82. The standard InChI is InChI=1S/C19H21N3O3/c1-10-7-14(12(3)24-10)16-8-15(17-11(2)22-25-19(17)21-16)18(23)20-9-13-5-4-6-13/h7-8,13H,4-6,9H2,1-3H3,(H,20,23). The van der Waals surface area contributed by atoms with Gasteiger partial charge in [0.15, 0.2) is 0 Å². The van der Waals surface area contributed by atoms with Gasteiger partial charge in [0, 0.05) is 12.1 Å². The summed E-state index contributed by atoms with van der Waals surface area (Å²) >= 11 is 0. The highest BCUT2D eigenvalue weighted by molar-refractivity contribution is 6.07. The van der Waals surface area contributed by atoms with Crippen molar-refractivity contribution in [3.63, 3.8) is 0 Å². The summed E-state index contributed by atoms with van der Waals surface area (Å²) in [6.45, 7) is 6.31. The summed E-state index contributed by atoms with van der Waals surface area (Å²) in [4.78, 5) is 17.3. The summed E-state index contributed by atoms with van der Waals surface area (Å²) in [6, 6.07) is 3.72. The minimum atomic E-state index is -0.107. The molecule has 0 aromatic carbocycles. The highest BCUT2D eigenvalue weighted by atomic mass is 16.5. The molecule has 0 radical (unpaired) electrons. The maximum atomic E-state index is 12.8. The lowest BCUT2D eigenvalue weighted by Gasteiger charge is -2.25. The van der Waals surface area contributed by atoms with E-state index in [2.05, 4.69) is 15.5 Å². The van der Waals surface area contributed by atoms with Crippen LogP contribution in [0, 0.1) is 26.7 Å². The molecule has 1 aliphatic rings. The molecule has 0 aliphatic heterocycles. The molecule has 3 aromatic heterocycles. The van der Waals surface area contributed by atoms with Gasteiger partial charge < -0.3 is 14.3 Å². The molecule has 1 N–H and O–H groups in total. The van der Waals surface area contributed by atoms with Crippen molar-refractivity contribution in [2.24, 2.45) is 5.92 Å². The van der Waals surface area contributed by atoms with Gasteiger partial charge in [-0.2, -0.15) is 0 Å². The molecule has 1 saturated carbocycles. The first-order valence-corrected chi connectivity index (χ1v) is 8.65. The molecule has 6 heteroatoms. The van der Waals surface area contributed by atoms with Crippen molar-refractivity contribution in [1.29, 1.82) is 0 Å². The smallest absolute Gasteiger partial charge is 0.259 e. The largest absolute Gasteiger partial charge is 0.466 e. The van der Waals surface area contributed by atoms with Gasteiger partial charge in [0.25, 0.3) is 11.6 Å². The van der Waals surface area contributed by atoms with Crippen molar-refractivity contribution < 1.29 is 13.7 Å². The van der Waals surface area contributed by atoms with E-state index in [4.69, 9.17) is 8.94 Å². The van der Waals surface area contributed by atoms with E-state index in [-0.39, 0.29) is 5.91 Å². The van der Waals surface area contributed by atoms with Gasteiger partial charge in [-0.15, -0.1) is 0 Å². The summed E-state index contributed by atoms with van der Waals surface area (Å²) in [5.74, 6) is 2.06. The van der Waals surface area contributed by atoms with Crippen LogP contribution in [0.1, 0.15) is 46.8 Å². The Labute approximate surface area is 145 Å². The summed E-state index contributed by atoms with van der Waals surface area (Å²) in [6.07, 6.45) is 3.64. The fraction of sp³-hybridized carbons (Fsp3) is 0.421. The van der Waals surface area contributed by atoms with E-state index in [0.29, 0.717) is 40.5 Å². The third kappa shape index (κ3) is 2.81. The van der Waals surface area contributed by atoms with E-state index in [1.807, 2.05) is 26.8 Å². The van der Waals surface area contributed by atoms with Gasteiger partial charge in [-0.05, 0) is 51.7 Å². The number of hydrogen-bond acceptors (Lipinski definition) is 5. The second kappa shape index (κ2) is 6.02. The van der Waals surface area contributed by atoms with Crippen molar-refractivity contribution in [1.82, 2.24) is 15.5 Å². The normalized spacial score (nSPS) is 14.7. The lowest BCUT2D eigenvalue weighted by atomic mass is 9.85. The van der Waals surface area contributed by atoms with Crippen LogP contribution in [0.25, 0.3) is 22.4 Å². The predicted molar refractivity (Wildman–Crippen MR) is 93.4 cm³/mol. The number of amides is 1. The highest BCUT2D eigenvalue weighted by Gasteiger charge is 2.23. The molecular weight excluding hydrogens is 318 g/mol. The molecule has 6 nitrogen and oxygen atoms in total. The van der Waals surface area contributed by atoms with Gasteiger partial charge in [0.2, 0.25) is 0 Å².